The summed E-state index contributed by atoms with van der Waals surface area (Å²) in [6.07, 6.45) is -5.29. The zero-order valence-corrected chi connectivity index (χ0v) is 9.93. The van der Waals surface area contributed by atoms with E-state index >= 15 is 0 Å². The largest absolute Gasteiger partial charge is 0.493 e. The van der Waals surface area contributed by atoms with E-state index in [0.29, 0.717) is 5.56 Å². The van der Waals surface area contributed by atoms with Gasteiger partial charge in [-0.2, -0.15) is 13.2 Å². The highest BCUT2D eigenvalue weighted by molar-refractivity contribution is 5.36. The Morgan fingerprint density at radius 3 is 2.56 bits per heavy atom. The van der Waals surface area contributed by atoms with Gasteiger partial charge in [-0.25, -0.2) is 4.39 Å². The first-order chi connectivity index (χ1) is 8.29. The average molecular weight is 265 g/mol. The Kier molecular flexibility index (Phi) is 4.95. The van der Waals surface area contributed by atoms with Gasteiger partial charge in [-0.1, -0.05) is 6.07 Å². The van der Waals surface area contributed by atoms with Crippen molar-refractivity contribution in [1.82, 2.24) is 0 Å². The van der Waals surface area contributed by atoms with E-state index in [0.717, 1.165) is 6.07 Å². The summed E-state index contributed by atoms with van der Waals surface area (Å²) in [6, 6.07) is 3.47. The summed E-state index contributed by atoms with van der Waals surface area (Å²) in [6.45, 7) is 1.57. The number of benzene rings is 1. The number of hydrogen-bond acceptors (Lipinski definition) is 2. The average Bonchev–Trinajstić information content (AvgIpc) is 2.22. The molecule has 0 aliphatic heterocycles. The monoisotopic (exact) mass is 265 g/mol. The molecule has 0 saturated carbocycles. The van der Waals surface area contributed by atoms with Crippen molar-refractivity contribution < 1.29 is 22.3 Å². The van der Waals surface area contributed by atoms with Crippen molar-refractivity contribution in [3.63, 3.8) is 0 Å². The molecule has 0 aliphatic rings. The maximum atomic E-state index is 13.0. The summed E-state index contributed by atoms with van der Waals surface area (Å²) >= 11 is 0. The molecule has 2 N–H and O–H groups in total. The number of alkyl halides is 3. The molecule has 1 rings (SSSR count). The van der Waals surface area contributed by atoms with Crippen LogP contribution >= 0.6 is 0 Å². The minimum atomic E-state index is -4.20. The highest BCUT2D eigenvalue weighted by Crippen LogP contribution is 2.26. The first-order valence-electron chi connectivity index (χ1n) is 5.54. The first kappa shape index (κ1) is 14.8. The lowest BCUT2D eigenvalue weighted by atomic mass is 10.1. The maximum Gasteiger partial charge on any atom is 0.389 e. The van der Waals surface area contributed by atoms with Gasteiger partial charge in [-0.05, 0) is 19.4 Å². The Morgan fingerprint density at radius 2 is 2.00 bits per heavy atom. The second-order valence-electron chi connectivity index (χ2n) is 4.04. The van der Waals surface area contributed by atoms with E-state index in [2.05, 4.69) is 0 Å². The van der Waals surface area contributed by atoms with Crippen LogP contribution in [0.1, 0.15) is 31.4 Å². The number of ether oxygens (including phenoxy) is 1. The lowest BCUT2D eigenvalue weighted by molar-refractivity contribution is -0.136. The van der Waals surface area contributed by atoms with Gasteiger partial charge in [0.1, 0.15) is 11.6 Å². The third-order valence-corrected chi connectivity index (χ3v) is 2.33. The van der Waals surface area contributed by atoms with Crippen LogP contribution in [0.4, 0.5) is 17.6 Å². The molecular formula is C12H15F4NO. The van der Waals surface area contributed by atoms with Crippen LogP contribution in [0.5, 0.6) is 5.75 Å². The minimum absolute atomic E-state index is 0.122. The van der Waals surface area contributed by atoms with E-state index in [1.54, 1.807) is 6.92 Å². The van der Waals surface area contributed by atoms with Crippen molar-refractivity contribution in [2.24, 2.45) is 5.73 Å². The number of rotatable bonds is 5. The molecule has 0 saturated heterocycles. The van der Waals surface area contributed by atoms with Crippen molar-refractivity contribution in [2.45, 2.75) is 32.0 Å². The Hall–Kier alpha value is -1.30. The molecule has 18 heavy (non-hydrogen) atoms. The number of hydrogen-bond donors (Lipinski definition) is 1. The topological polar surface area (TPSA) is 35.2 Å². The molecular weight excluding hydrogens is 250 g/mol. The quantitative estimate of drug-likeness (QED) is 0.652. The molecule has 0 aromatic heterocycles. The molecule has 1 aromatic carbocycles. The molecule has 0 radical (unpaired) electrons. The van der Waals surface area contributed by atoms with Crippen molar-refractivity contribution in [2.75, 3.05) is 6.61 Å². The van der Waals surface area contributed by atoms with E-state index in [1.165, 1.54) is 12.1 Å². The van der Waals surface area contributed by atoms with Gasteiger partial charge < -0.3 is 10.5 Å². The zero-order valence-electron chi connectivity index (χ0n) is 9.93. The smallest absolute Gasteiger partial charge is 0.389 e. The normalized spacial score (nSPS) is 13.4. The lowest BCUT2D eigenvalue weighted by Crippen LogP contribution is -2.12. The molecule has 0 fully saturated rings. The third kappa shape index (κ3) is 4.91. The molecule has 0 amide bonds. The van der Waals surface area contributed by atoms with Crippen LogP contribution in [-0.2, 0) is 0 Å². The van der Waals surface area contributed by atoms with E-state index in [-0.39, 0.29) is 24.8 Å². The van der Waals surface area contributed by atoms with E-state index in [9.17, 15) is 17.6 Å². The Bertz CT molecular complexity index is 390. The van der Waals surface area contributed by atoms with Gasteiger partial charge in [0.25, 0.3) is 0 Å². The fourth-order valence-electron chi connectivity index (χ4n) is 1.46. The molecule has 6 heteroatoms. The van der Waals surface area contributed by atoms with E-state index in [1.807, 2.05) is 0 Å². The van der Waals surface area contributed by atoms with Gasteiger partial charge >= 0.3 is 6.18 Å². The number of halogens is 4. The van der Waals surface area contributed by atoms with Crippen LogP contribution in [0.3, 0.4) is 0 Å². The van der Waals surface area contributed by atoms with Gasteiger partial charge in [-0.15, -0.1) is 0 Å². The second-order valence-corrected chi connectivity index (χ2v) is 4.04. The van der Waals surface area contributed by atoms with Crippen molar-refractivity contribution >= 4 is 0 Å². The summed E-state index contributed by atoms with van der Waals surface area (Å²) < 4.78 is 53.9. The second kappa shape index (κ2) is 6.04. The van der Waals surface area contributed by atoms with Crippen molar-refractivity contribution in [3.8, 4) is 5.75 Å². The molecule has 0 spiro atoms. The highest BCUT2D eigenvalue weighted by atomic mass is 19.4. The van der Waals surface area contributed by atoms with Crippen LogP contribution in [0, 0.1) is 5.82 Å². The summed E-state index contributed by atoms with van der Waals surface area (Å²) in [5, 5.41) is 0. The lowest BCUT2D eigenvalue weighted by Gasteiger charge is -2.14. The first-order valence-corrected chi connectivity index (χ1v) is 5.54. The molecule has 1 atom stereocenters. The molecule has 0 bridgehead atoms. The zero-order chi connectivity index (χ0) is 13.8. The van der Waals surface area contributed by atoms with Gasteiger partial charge in [-0.3, -0.25) is 0 Å². The molecule has 1 unspecified atom stereocenters. The molecule has 0 heterocycles. The van der Waals surface area contributed by atoms with E-state index < -0.39 is 18.4 Å². The van der Waals surface area contributed by atoms with Crippen LogP contribution in [0.15, 0.2) is 18.2 Å². The Labute approximate surface area is 103 Å². The minimum Gasteiger partial charge on any atom is -0.493 e. The van der Waals surface area contributed by atoms with E-state index in [4.69, 9.17) is 10.5 Å². The van der Waals surface area contributed by atoms with Gasteiger partial charge in [0.15, 0.2) is 0 Å². The predicted molar refractivity (Wildman–Crippen MR) is 59.8 cm³/mol. The van der Waals surface area contributed by atoms with Crippen LogP contribution in [-0.4, -0.2) is 12.8 Å². The summed E-state index contributed by atoms with van der Waals surface area (Å²) in [5.41, 5.74) is 6.23. The van der Waals surface area contributed by atoms with Crippen LogP contribution in [0.25, 0.3) is 0 Å². The fraction of sp³-hybridized carbons (Fsp3) is 0.500. The van der Waals surface area contributed by atoms with Gasteiger partial charge in [0.05, 0.1) is 6.61 Å². The van der Waals surface area contributed by atoms with Crippen LogP contribution < -0.4 is 10.5 Å². The third-order valence-electron chi connectivity index (χ3n) is 2.33. The molecule has 2 nitrogen and oxygen atoms in total. The Balaban J connectivity index is 2.58. The molecule has 1 aromatic rings. The van der Waals surface area contributed by atoms with Crippen LogP contribution in [0.2, 0.25) is 0 Å². The maximum absolute atomic E-state index is 13.0. The number of nitrogens with two attached hydrogens (primary N) is 1. The van der Waals surface area contributed by atoms with Gasteiger partial charge in [0, 0.05) is 24.1 Å². The summed E-state index contributed by atoms with van der Waals surface area (Å²) in [4.78, 5) is 0. The van der Waals surface area contributed by atoms with Gasteiger partial charge in [0.2, 0.25) is 0 Å². The summed E-state index contributed by atoms with van der Waals surface area (Å²) in [7, 11) is 0. The Morgan fingerprint density at radius 1 is 1.33 bits per heavy atom. The van der Waals surface area contributed by atoms with Crippen molar-refractivity contribution in [3.05, 3.63) is 29.6 Å². The highest BCUT2D eigenvalue weighted by Gasteiger charge is 2.26. The SMILES string of the molecule is CC(N)c1ccc(F)cc1OCCCC(F)(F)F. The summed E-state index contributed by atoms with van der Waals surface area (Å²) in [5.74, 6) is -0.308. The fourth-order valence-corrected chi connectivity index (χ4v) is 1.46. The standard InChI is InChI=1S/C12H15F4NO/c1-8(17)10-4-3-9(13)7-11(10)18-6-2-5-12(14,15)16/h3-4,7-8H,2,5-6,17H2,1H3. The van der Waals surface area contributed by atoms with Crippen molar-refractivity contribution in [1.29, 1.82) is 0 Å². The molecule has 0 aliphatic carbocycles. The molecule has 102 valence electrons. The predicted octanol–water partition coefficient (Wildman–Crippen LogP) is 3.57.